The number of hydrogen-bond donors (Lipinski definition) is 2. The highest BCUT2D eigenvalue weighted by Crippen LogP contribution is 2.07. The van der Waals surface area contributed by atoms with Crippen molar-refractivity contribution < 1.29 is 14.0 Å². The van der Waals surface area contributed by atoms with Gasteiger partial charge in [0.1, 0.15) is 5.82 Å². The molecule has 1 amide bonds. The molecule has 1 aromatic rings. The van der Waals surface area contributed by atoms with Crippen LogP contribution < -0.4 is 11.1 Å². The monoisotopic (exact) mass is 288 g/mol. The third-order valence-electron chi connectivity index (χ3n) is 2.45. The lowest BCUT2D eigenvalue weighted by atomic mass is 10.1. The number of carbonyl (C=O) groups is 2. The van der Waals surface area contributed by atoms with Crippen LogP contribution in [0.25, 0.3) is 0 Å². The number of ketones is 1. The largest absolute Gasteiger partial charge is 0.356 e. The molecule has 0 spiro atoms. The maximum absolute atomic E-state index is 12.7. The minimum Gasteiger partial charge on any atom is -0.356 e. The molecule has 0 fully saturated rings. The van der Waals surface area contributed by atoms with Crippen molar-refractivity contribution in [3.63, 3.8) is 0 Å². The molecule has 19 heavy (non-hydrogen) atoms. The van der Waals surface area contributed by atoms with Crippen molar-refractivity contribution in [3.05, 3.63) is 35.6 Å². The first kappa shape index (κ1) is 17.5. The SMILES string of the molecule is Cl.NCCCNC(=O)CCC(=O)c1ccc(F)cc1. The second-order valence-electron chi connectivity index (χ2n) is 3.92. The quantitative estimate of drug-likeness (QED) is 0.592. The Morgan fingerprint density at radius 1 is 1.16 bits per heavy atom. The second kappa shape index (κ2) is 9.47. The van der Waals surface area contributed by atoms with E-state index in [-0.39, 0.29) is 42.8 Å². The van der Waals surface area contributed by atoms with E-state index in [4.69, 9.17) is 5.73 Å². The van der Waals surface area contributed by atoms with Gasteiger partial charge in [0, 0.05) is 24.9 Å². The van der Waals surface area contributed by atoms with E-state index in [0.717, 1.165) is 6.42 Å². The number of nitrogens with one attached hydrogen (secondary N) is 1. The Bertz CT molecular complexity index is 410. The number of nitrogens with two attached hydrogens (primary N) is 1. The zero-order valence-corrected chi connectivity index (χ0v) is 11.3. The van der Waals surface area contributed by atoms with Gasteiger partial charge in [0.05, 0.1) is 0 Å². The molecule has 0 aliphatic rings. The zero-order valence-electron chi connectivity index (χ0n) is 10.5. The van der Waals surface area contributed by atoms with Crippen molar-refractivity contribution >= 4 is 24.1 Å². The van der Waals surface area contributed by atoms with Gasteiger partial charge in [0.15, 0.2) is 5.78 Å². The van der Waals surface area contributed by atoms with Crippen molar-refractivity contribution in [1.82, 2.24) is 5.32 Å². The number of amides is 1. The molecular formula is C13H18ClFN2O2. The average Bonchev–Trinajstić information content (AvgIpc) is 2.37. The molecule has 0 radical (unpaired) electrons. The van der Waals surface area contributed by atoms with Crippen LogP contribution in [0.5, 0.6) is 0 Å². The molecule has 3 N–H and O–H groups in total. The lowest BCUT2D eigenvalue weighted by Crippen LogP contribution is -2.26. The first-order chi connectivity index (χ1) is 8.63. The number of rotatable bonds is 7. The summed E-state index contributed by atoms with van der Waals surface area (Å²) < 4.78 is 12.7. The molecule has 0 saturated carbocycles. The Morgan fingerprint density at radius 2 is 1.79 bits per heavy atom. The summed E-state index contributed by atoms with van der Waals surface area (Å²) in [7, 11) is 0. The summed E-state index contributed by atoms with van der Waals surface area (Å²) in [4.78, 5) is 23.0. The minimum absolute atomic E-state index is 0. The van der Waals surface area contributed by atoms with Gasteiger partial charge in [-0.1, -0.05) is 0 Å². The normalized spacial score (nSPS) is 9.58. The summed E-state index contributed by atoms with van der Waals surface area (Å²) in [5.41, 5.74) is 5.71. The average molecular weight is 289 g/mol. The molecule has 0 aromatic heterocycles. The van der Waals surface area contributed by atoms with Gasteiger partial charge in [-0.25, -0.2) is 4.39 Å². The van der Waals surface area contributed by atoms with Gasteiger partial charge in [0.2, 0.25) is 5.91 Å². The van der Waals surface area contributed by atoms with E-state index in [1.54, 1.807) is 0 Å². The van der Waals surface area contributed by atoms with Crippen LogP contribution in [0.1, 0.15) is 29.6 Å². The first-order valence-corrected chi connectivity index (χ1v) is 5.89. The molecule has 106 valence electrons. The van der Waals surface area contributed by atoms with Crippen molar-refractivity contribution in [3.8, 4) is 0 Å². The van der Waals surface area contributed by atoms with Crippen LogP contribution in [0, 0.1) is 5.82 Å². The number of benzene rings is 1. The van der Waals surface area contributed by atoms with Gasteiger partial charge in [-0.15, -0.1) is 12.4 Å². The maximum Gasteiger partial charge on any atom is 0.220 e. The van der Waals surface area contributed by atoms with E-state index < -0.39 is 0 Å². The van der Waals surface area contributed by atoms with Crippen molar-refractivity contribution in [2.75, 3.05) is 13.1 Å². The van der Waals surface area contributed by atoms with Crippen LogP contribution >= 0.6 is 12.4 Å². The summed E-state index contributed by atoms with van der Waals surface area (Å²) >= 11 is 0. The molecule has 0 aliphatic heterocycles. The highest BCUT2D eigenvalue weighted by Gasteiger charge is 2.08. The second-order valence-corrected chi connectivity index (χ2v) is 3.92. The summed E-state index contributed by atoms with van der Waals surface area (Å²) in [5.74, 6) is -0.714. The van der Waals surface area contributed by atoms with Crippen LogP contribution in [-0.2, 0) is 4.79 Å². The Labute approximate surface area is 118 Å². The van der Waals surface area contributed by atoms with Gasteiger partial charge in [-0.3, -0.25) is 9.59 Å². The lowest BCUT2D eigenvalue weighted by molar-refractivity contribution is -0.121. The molecule has 0 atom stereocenters. The first-order valence-electron chi connectivity index (χ1n) is 5.89. The van der Waals surface area contributed by atoms with Crippen LogP contribution in [-0.4, -0.2) is 24.8 Å². The van der Waals surface area contributed by atoms with Crippen LogP contribution in [0.15, 0.2) is 24.3 Å². The third kappa shape index (κ3) is 6.88. The Morgan fingerprint density at radius 3 is 2.37 bits per heavy atom. The summed E-state index contributed by atoms with van der Waals surface area (Å²) in [6, 6.07) is 5.30. The molecular weight excluding hydrogens is 271 g/mol. The standard InChI is InChI=1S/C13H17FN2O2.ClH/c14-11-4-2-10(3-5-11)12(17)6-7-13(18)16-9-1-8-15;/h2-5H,1,6-9,15H2,(H,16,18);1H. The minimum atomic E-state index is -0.383. The topological polar surface area (TPSA) is 72.2 Å². The fraction of sp³-hybridized carbons (Fsp3) is 0.385. The predicted octanol–water partition coefficient (Wildman–Crippen LogP) is 1.68. The molecule has 1 rings (SSSR count). The van der Waals surface area contributed by atoms with Gasteiger partial charge in [0.25, 0.3) is 0 Å². The van der Waals surface area contributed by atoms with E-state index in [0.29, 0.717) is 18.7 Å². The van der Waals surface area contributed by atoms with Gasteiger partial charge < -0.3 is 11.1 Å². The fourth-order valence-corrected chi connectivity index (χ4v) is 1.43. The highest BCUT2D eigenvalue weighted by atomic mass is 35.5. The van der Waals surface area contributed by atoms with Crippen molar-refractivity contribution in [1.29, 1.82) is 0 Å². The number of carbonyl (C=O) groups excluding carboxylic acids is 2. The summed E-state index contributed by atoms with van der Waals surface area (Å²) in [6.45, 7) is 1.05. The molecule has 0 unspecified atom stereocenters. The molecule has 4 nitrogen and oxygen atoms in total. The number of Topliss-reactive ketones (excluding diaryl/α,β-unsaturated/α-hetero) is 1. The van der Waals surface area contributed by atoms with Crippen LogP contribution in [0.4, 0.5) is 4.39 Å². The van der Waals surface area contributed by atoms with E-state index in [1.807, 2.05) is 0 Å². The van der Waals surface area contributed by atoms with E-state index in [2.05, 4.69) is 5.32 Å². The third-order valence-corrected chi connectivity index (χ3v) is 2.45. The van der Waals surface area contributed by atoms with E-state index >= 15 is 0 Å². The number of hydrogen-bond acceptors (Lipinski definition) is 3. The van der Waals surface area contributed by atoms with Crippen molar-refractivity contribution in [2.45, 2.75) is 19.3 Å². The fourth-order valence-electron chi connectivity index (χ4n) is 1.43. The van der Waals surface area contributed by atoms with Crippen LogP contribution in [0.3, 0.4) is 0 Å². The van der Waals surface area contributed by atoms with Gasteiger partial charge in [-0.2, -0.15) is 0 Å². The smallest absolute Gasteiger partial charge is 0.220 e. The molecule has 0 heterocycles. The van der Waals surface area contributed by atoms with Gasteiger partial charge in [-0.05, 0) is 37.2 Å². The summed E-state index contributed by atoms with van der Waals surface area (Å²) in [6.07, 6.45) is 0.985. The Balaban J connectivity index is 0.00000324. The number of halogens is 2. The van der Waals surface area contributed by atoms with Crippen molar-refractivity contribution in [2.24, 2.45) is 5.73 Å². The summed E-state index contributed by atoms with van der Waals surface area (Å²) in [5, 5.41) is 2.67. The predicted molar refractivity (Wildman–Crippen MR) is 73.9 cm³/mol. The molecule has 6 heteroatoms. The zero-order chi connectivity index (χ0) is 13.4. The highest BCUT2D eigenvalue weighted by molar-refractivity contribution is 5.97. The molecule has 0 aliphatic carbocycles. The molecule has 1 aromatic carbocycles. The van der Waals surface area contributed by atoms with E-state index in [9.17, 15) is 14.0 Å². The molecule has 0 bridgehead atoms. The maximum atomic E-state index is 12.7. The Kier molecular flexibility index (Phi) is 8.74. The van der Waals surface area contributed by atoms with Crippen LogP contribution in [0.2, 0.25) is 0 Å². The molecule has 0 saturated heterocycles. The Hall–Kier alpha value is -1.46. The van der Waals surface area contributed by atoms with Gasteiger partial charge >= 0.3 is 0 Å². The van der Waals surface area contributed by atoms with E-state index in [1.165, 1.54) is 24.3 Å². The lowest BCUT2D eigenvalue weighted by Gasteiger charge is -2.04.